The summed E-state index contributed by atoms with van der Waals surface area (Å²) >= 11 is 0. The highest BCUT2D eigenvalue weighted by atomic mass is 19.4. The minimum absolute atomic E-state index is 0.383. The van der Waals surface area contributed by atoms with Crippen molar-refractivity contribution in [1.82, 2.24) is 0 Å². The topological polar surface area (TPSA) is 9.23 Å². The fourth-order valence-corrected chi connectivity index (χ4v) is 5.33. The molecule has 4 rings (SSSR count). The zero-order valence-electron chi connectivity index (χ0n) is 17.2. The molecule has 0 heterocycles. The van der Waals surface area contributed by atoms with E-state index >= 15 is 0 Å². The van der Waals surface area contributed by atoms with Crippen molar-refractivity contribution in [2.45, 2.75) is 57.5 Å². The average Bonchev–Trinajstić information content (AvgIpc) is 2.72. The van der Waals surface area contributed by atoms with Crippen LogP contribution in [-0.2, 0) is 0 Å². The third-order valence-corrected chi connectivity index (χ3v) is 6.91. The third kappa shape index (κ3) is 4.98. The van der Waals surface area contributed by atoms with E-state index < -0.39 is 18.6 Å². The number of hydrogen-bond donors (Lipinski definition) is 0. The standard InChI is InChI=1S/C25H28F4O/c1-16-2-3-21-13-20(9-8-19(21)12-16)17-4-6-18(7-5-17)22-10-11-24(23(26)14-22)30-15-25(27,28)29/h4-7,10-11,14,16,19-21H,2-3,8-9,12-13,15H2,1H3/t16?,19-,20-,21-/m1/s1. The molecule has 2 aromatic rings. The highest BCUT2D eigenvalue weighted by Gasteiger charge is 2.34. The summed E-state index contributed by atoms with van der Waals surface area (Å²) < 4.78 is 55.5. The number of hydrogen-bond acceptors (Lipinski definition) is 1. The van der Waals surface area contributed by atoms with Crippen LogP contribution in [0.25, 0.3) is 11.1 Å². The maximum Gasteiger partial charge on any atom is 0.422 e. The molecule has 2 aromatic carbocycles. The smallest absolute Gasteiger partial charge is 0.422 e. The fraction of sp³-hybridized carbons (Fsp3) is 0.520. The largest absolute Gasteiger partial charge is 0.481 e. The van der Waals surface area contributed by atoms with Crippen molar-refractivity contribution in [3.8, 4) is 16.9 Å². The van der Waals surface area contributed by atoms with Gasteiger partial charge in [0.05, 0.1) is 0 Å². The Labute approximate surface area is 175 Å². The minimum Gasteiger partial charge on any atom is -0.481 e. The summed E-state index contributed by atoms with van der Waals surface area (Å²) in [6.07, 6.45) is 3.39. The highest BCUT2D eigenvalue weighted by Crippen LogP contribution is 2.47. The van der Waals surface area contributed by atoms with E-state index in [9.17, 15) is 17.6 Å². The van der Waals surface area contributed by atoms with Gasteiger partial charge in [-0.15, -0.1) is 0 Å². The first-order valence-electron chi connectivity index (χ1n) is 10.9. The molecular weight excluding hydrogens is 392 g/mol. The molecule has 162 valence electrons. The van der Waals surface area contributed by atoms with Gasteiger partial charge in [0, 0.05) is 0 Å². The number of benzene rings is 2. The molecule has 0 bridgehead atoms. The van der Waals surface area contributed by atoms with E-state index in [1.807, 2.05) is 12.1 Å². The maximum atomic E-state index is 14.2. The monoisotopic (exact) mass is 420 g/mol. The molecule has 2 saturated carbocycles. The summed E-state index contributed by atoms with van der Waals surface area (Å²) in [7, 11) is 0. The minimum atomic E-state index is -4.49. The van der Waals surface area contributed by atoms with E-state index in [1.165, 1.54) is 56.2 Å². The van der Waals surface area contributed by atoms with E-state index in [0.29, 0.717) is 11.5 Å². The van der Waals surface area contributed by atoms with Crippen molar-refractivity contribution < 1.29 is 22.3 Å². The Hall–Kier alpha value is -2.04. The molecule has 2 aliphatic carbocycles. The normalized spacial score (nSPS) is 26.8. The molecule has 2 aliphatic rings. The lowest BCUT2D eigenvalue weighted by Crippen LogP contribution is -2.29. The van der Waals surface area contributed by atoms with Gasteiger partial charge in [0.1, 0.15) is 0 Å². The maximum absolute atomic E-state index is 14.2. The van der Waals surface area contributed by atoms with Crippen LogP contribution in [0.4, 0.5) is 17.6 Å². The van der Waals surface area contributed by atoms with Crippen molar-refractivity contribution in [1.29, 1.82) is 0 Å². The Bertz CT molecular complexity index is 858. The van der Waals surface area contributed by atoms with Crippen molar-refractivity contribution in [2.75, 3.05) is 6.61 Å². The molecule has 0 radical (unpaired) electrons. The lowest BCUT2D eigenvalue weighted by atomic mass is 9.64. The van der Waals surface area contributed by atoms with Gasteiger partial charge in [-0.25, -0.2) is 4.39 Å². The Balaban J connectivity index is 1.42. The number of halogens is 4. The van der Waals surface area contributed by atoms with Gasteiger partial charge in [0.25, 0.3) is 0 Å². The zero-order chi connectivity index (χ0) is 21.3. The van der Waals surface area contributed by atoms with Crippen molar-refractivity contribution in [2.24, 2.45) is 17.8 Å². The second kappa shape index (κ2) is 8.60. The van der Waals surface area contributed by atoms with Gasteiger partial charge in [-0.2, -0.15) is 13.2 Å². The zero-order valence-corrected chi connectivity index (χ0v) is 17.2. The summed E-state index contributed by atoms with van der Waals surface area (Å²) in [6.45, 7) is 0.874. The van der Waals surface area contributed by atoms with Gasteiger partial charge in [-0.1, -0.05) is 43.7 Å². The Kier molecular flexibility index (Phi) is 6.08. The number of fused-ring (bicyclic) bond motifs is 1. The third-order valence-electron chi connectivity index (χ3n) is 6.91. The molecule has 2 fully saturated rings. The van der Waals surface area contributed by atoms with Crippen LogP contribution in [0.3, 0.4) is 0 Å². The Morgan fingerprint density at radius 1 is 0.867 bits per heavy atom. The molecule has 0 aliphatic heterocycles. The predicted octanol–water partition coefficient (Wildman–Crippen LogP) is 7.75. The van der Waals surface area contributed by atoms with Crippen LogP contribution in [-0.4, -0.2) is 12.8 Å². The van der Waals surface area contributed by atoms with E-state index in [4.69, 9.17) is 0 Å². The van der Waals surface area contributed by atoms with Crippen LogP contribution in [0.5, 0.6) is 5.75 Å². The van der Waals surface area contributed by atoms with E-state index in [1.54, 1.807) is 6.07 Å². The van der Waals surface area contributed by atoms with Crippen LogP contribution in [0.15, 0.2) is 42.5 Å². The van der Waals surface area contributed by atoms with Gasteiger partial charge in [0.15, 0.2) is 18.2 Å². The molecular formula is C25H28F4O. The molecule has 0 aromatic heterocycles. The molecule has 1 nitrogen and oxygen atoms in total. The first kappa shape index (κ1) is 21.2. The van der Waals surface area contributed by atoms with Crippen LogP contribution < -0.4 is 4.74 Å². The highest BCUT2D eigenvalue weighted by molar-refractivity contribution is 5.64. The first-order valence-corrected chi connectivity index (χ1v) is 10.9. The molecule has 1 unspecified atom stereocenters. The van der Waals surface area contributed by atoms with E-state index in [2.05, 4.69) is 23.8 Å². The lowest BCUT2D eigenvalue weighted by molar-refractivity contribution is -0.153. The number of rotatable bonds is 4. The Morgan fingerprint density at radius 2 is 1.53 bits per heavy atom. The van der Waals surface area contributed by atoms with Gasteiger partial charge in [-0.3, -0.25) is 0 Å². The summed E-state index contributed by atoms with van der Waals surface area (Å²) in [5.74, 6) is 2.02. The average molecular weight is 420 g/mol. The molecule has 4 atom stereocenters. The summed E-state index contributed by atoms with van der Waals surface area (Å²) in [5, 5.41) is 0. The quantitative estimate of drug-likeness (QED) is 0.459. The van der Waals surface area contributed by atoms with Crippen LogP contribution in [0.2, 0.25) is 0 Å². The number of alkyl halides is 3. The molecule has 0 N–H and O–H groups in total. The SMILES string of the molecule is CC1CC[C@@H]2C[C@H](c3ccc(-c4ccc(OCC(F)(F)F)c(F)c4)cc3)CC[C@@H]2C1. The molecule has 0 saturated heterocycles. The van der Waals surface area contributed by atoms with Crippen molar-refractivity contribution in [3.63, 3.8) is 0 Å². The van der Waals surface area contributed by atoms with Gasteiger partial charge in [-0.05, 0) is 84.6 Å². The summed E-state index contributed by atoms with van der Waals surface area (Å²) in [4.78, 5) is 0. The second-order valence-corrected chi connectivity index (χ2v) is 9.12. The van der Waals surface area contributed by atoms with E-state index in [-0.39, 0.29) is 5.75 Å². The molecule has 5 heteroatoms. The van der Waals surface area contributed by atoms with Gasteiger partial charge < -0.3 is 4.74 Å². The second-order valence-electron chi connectivity index (χ2n) is 9.12. The van der Waals surface area contributed by atoms with Gasteiger partial charge in [0.2, 0.25) is 0 Å². The molecule has 30 heavy (non-hydrogen) atoms. The van der Waals surface area contributed by atoms with Gasteiger partial charge >= 0.3 is 6.18 Å². The number of ether oxygens (including phenoxy) is 1. The fourth-order valence-electron chi connectivity index (χ4n) is 5.33. The lowest BCUT2D eigenvalue weighted by Gasteiger charge is -2.41. The summed E-state index contributed by atoms with van der Waals surface area (Å²) in [6, 6.07) is 12.3. The van der Waals surface area contributed by atoms with Crippen LogP contribution in [0.1, 0.15) is 56.9 Å². The molecule has 0 amide bonds. The van der Waals surface area contributed by atoms with Crippen molar-refractivity contribution >= 4 is 0 Å². The van der Waals surface area contributed by atoms with Crippen LogP contribution >= 0.6 is 0 Å². The predicted molar refractivity (Wildman–Crippen MR) is 110 cm³/mol. The van der Waals surface area contributed by atoms with E-state index in [0.717, 1.165) is 23.3 Å². The first-order chi connectivity index (χ1) is 14.3. The van der Waals surface area contributed by atoms with Crippen molar-refractivity contribution in [3.05, 3.63) is 53.8 Å². The summed E-state index contributed by atoms with van der Waals surface area (Å²) in [5.41, 5.74) is 2.81. The Morgan fingerprint density at radius 3 is 2.23 bits per heavy atom. The van der Waals surface area contributed by atoms with Crippen LogP contribution in [0, 0.1) is 23.6 Å². The molecule has 0 spiro atoms.